The largest absolute Gasteiger partial charge is 0.480 e. The van der Waals surface area contributed by atoms with Crippen LogP contribution in [0.5, 0.6) is 0 Å². The average Bonchev–Trinajstić information content (AvgIpc) is 2.55. The molecule has 1 amide bonds. The molecule has 1 unspecified atom stereocenters. The molecule has 0 saturated carbocycles. The second kappa shape index (κ2) is 7.94. The zero-order chi connectivity index (χ0) is 16.8. The first-order chi connectivity index (χ1) is 11.0. The van der Waals surface area contributed by atoms with E-state index in [9.17, 15) is 9.59 Å². The van der Waals surface area contributed by atoms with E-state index in [1.807, 2.05) is 13.0 Å². The normalized spacial score (nSPS) is 16.9. The van der Waals surface area contributed by atoms with Crippen molar-refractivity contribution in [3.63, 3.8) is 0 Å². The van der Waals surface area contributed by atoms with Crippen molar-refractivity contribution < 1.29 is 14.7 Å². The number of rotatable bonds is 6. The molecule has 6 nitrogen and oxygen atoms in total. The number of nitrogens with one attached hydrogen (secondary N) is 1. The molecule has 23 heavy (non-hydrogen) atoms. The highest BCUT2D eigenvalue weighted by Crippen LogP contribution is 2.21. The van der Waals surface area contributed by atoms with E-state index in [2.05, 4.69) is 22.1 Å². The molecular weight excluding hydrogens is 294 g/mol. The van der Waals surface area contributed by atoms with Crippen molar-refractivity contribution >= 4 is 17.7 Å². The maximum Gasteiger partial charge on any atom is 0.326 e. The predicted octanol–water partition coefficient (Wildman–Crippen LogP) is 2.30. The Morgan fingerprint density at radius 3 is 2.61 bits per heavy atom. The maximum absolute atomic E-state index is 12.1. The van der Waals surface area contributed by atoms with Crippen LogP contribution in [0, 0.1) is 5.92 Å². The molecule has 1 fully saturated rings. The van der Waals surface area contributed by atoms with Crippen LogP contribution in [-0.4, -0.2) is 41.1 Å². The number of aromatic nitrogens is 1. The third-order valence-corrected chi connectivity index (χ3v) is 4.30. The zero-order valence-electron chi connectivity index (χ0n) is 13.8. The van der Waals surface area contributed by atoms with Gasteiger partial charge in [0.2, 0.25) is 0 Å². The lowest BCUT2D eigenvalue weighted by molar-refractivity contribution is -0.139. The van der Waals surface area contributed by atoms with Gasteiger partial charge in [-0.2, -0.15) is 0 Å². The summed E-state index contributed by atoms with van der Waals surface area (Å²) in [4.78, 5) is 29.8. The second-order valence-electron chi connectivity index (χ2n) is 6.23. The van der Waals surface area contributed by atoms with Gasteiger partial charge in [0.05, 0.1) is 5.56 Å². The van der Waals surface area contributed by atoms with Gasteiger partial charge in [-0.05, 0) is 37.3 Å². The molecule has 2 heterocycles. The third-order valence-electron chi connectivity index (χ3n) is 4.30. The van der Waals surface area contributed by atoms with E-state index in [0.717, 1.165) is 37.7 Å². The molecule has 2 N–H and O–H groups in total. The molecule has 1 aliphatic heterocycles. The minimum atomic E-state index is -1.01. The number of pyridine rings is 1. The maximum atomic E-state index is 12.1. The number of nitrogens with zero attached hydrogens (tertiary/aromatic N) is 2. The van der Waals surface area contributed by atoms with Crippen LogP contribution in [0.2, 0.25) is 0 Å². The first-order valence-electron chi connectivity index (χ1n) is 8.26. The summed E-state index contributed by atoms with van der Waals surface area (Å²) in [5.74, 6) is 0.226. The SMILES string of the molecule is CCCC(NC(=O)c1ccc(N2CCC(C)CC2)nc1)C(=O)O. The summed E-state index contributed by atoms with van der Waals surface area (Å²) in [6.45, 7) is 6.11. The van der Waals surface area contributed by atoms with Crippen LogP contribution >= 0.6 is 0 Å². The van der Waals surface area contributed by atoms with Gasteiger partial charge in [-0.1, -0.05) is 20.3 Å². The van der Waals surface area contributed by atoms with E-state index in [1.54, 1.807) is 6.07 Å². The Hall–Kier alpha value is -2.11. The number of anilines is 1. The van der Waals surface area contributed by atoms with Crippen molar-refractivity contribution in [3.8, 4) is 0 Å². The first-order valence-corrected chi connectivity index (χ1v) is 8.26. The number of carbonyl (C=O) groups is 2. The molecule has 1 aliphatic rings. The number of hydrogen-bond acceptors (Lipinski definition) is 4. The third kappa shape index (κ3) is 4.68. The summed E-state index contributed by atoms with van der Waals surface area (Å²) >= 11 is 0. The number of amides is 1. The number of carbonyl (C=O) groups excluding carboxylic acids is 1. The molecule has 6 heteroatoms. The molecule has 1 atom stereocenters. The fourth-order valence-corrected chi connectivity index (χ4v) is 2.73. The number of hydrogen-bond donors (Lipinski definition) is 2. The molecule has 0 spiro atoms. The van der Waals surface area contributed by atoms with Crippen molar-refractivity contribution in [3.05, 3.63) is 23.9 Å². The zero-order valence-corrected chi connectivity index (χ0v) is 13.8. The molecular formula is C17H25N3O3. The van der Waals surface area contributed by atoms with E-state index >= 15 is 0 Å². The van der Waals surface area contributed by atoms with Crippen molar-refractivity contribution in [1.29, 1.82) is 0 Å². The van der Waals surface area contributed by atoms with E-state index in [4.69, 9.17) is 5.11 Å². The lowest BCUT2D eigenvalue weighted by Gasteiger charge is -2.31. The van der Waals surface area contributed by atoms with Crippen LogP contribution < -0.4 is 10.2 Å². The second-order valence-corrected chi connectivity index (χ2v) is 6.23. The highest BCUT2D eigenvalue weighted by atomic mass is 16.4. The van der Waals surface area contributed by atoms with Gasteiger partial charge >= 0.3 is 5.97 Å². The minimum Gasteiger partial charge on any atom is -0.480 e. The van der Waals surface area contributed by atoms with Crippen molar-refractivity contribution in [2.24, 2.45) is 5.92 Å². The minimum absolute atomic E-state index is 0.390. The lowest BCUT2D eigenvalue weighted by atomic mass is 9.99. The van der Waals surface area contributed by atoms with E-state index in [-0.39, 0.29) is 0 Å². The Morgan fingerprint density at radius 1 is 1.39 bits per heavy atom. The van der Waals surface area contributed by atoms with Crippen LogP contribution in [0.1, 0.15) is 49.9 Å². The molecule has 0 aliphatic carbocycles. The summed E-state index contributed by atoms with van der Waals surface area (Å²) in [6.07, 6.45) is 4.94. The lowest BCUT2D eigenvalue weighted by Crippen LogP contribution is -2.40. The van der Waals surface area contributed by atoms with Crippen LogP contribution in [-0.2, 0) is 4.79 Å². The average molecular weight is 319 g/mol. The van der Waals surface area contributed by atoms with E-state index in [0.29, 0.717) is 18.4 Å². The van der Waals surface area contributed by atoms with Gasteiger partial charge in [-0.3, -0.25) is 4.79 Å². The van der Waals surface area contributed by atoms with Crippen molar-refractivity contribution in [1.82, 2.24) is 10.3 Å². The van der Waals surface area contributed by atoms with Gasteiger partial charge in [0.1, 0.15) is 11.9 Å². The molecule has 1 aromatic heterocycles. The molecule has 1 saturated heterocycles. The van der Waals surface area contributed by atoms with Crippen molar-refractivity contribution in [2.45, 2.75) is 45.6 Å². The predicted molar refractivity (Wildman–Crippen MR) is 88.6 cm³/mol. The van der Waals surface area contributed by atoms with E-state index < -0.39 is 17.9 Å². The molecule has 0 bridgehead atoms. The summed E-state index contributed by atoms with van der Waals surface area (Å²) in [5, 5.41) is 11.6. The Labute approximate surface area is 136 Å². The highest BCUT2D eigenvalue weighted by Gasteiger charge is 2.21. The quantitative estimate of drug-likeness (QED) is 0.840. The Kier molecular flexibility index (Phi) is 5.96. The van der Waals surface area contributed by atoms with Crippen LogP contribution in [0.15, 0.2) is 18.3 Å². The van der Waals surface area contributed by atoms with Crippen LogP contribution in [0.3, 0.4) is 0 Å². The number of carboxylic acid groups (broad SMARTS) is 1. The molecule has 126 valence electrons. The van der Waals surface area contributed by atoms with Crippen molar-refractivity contribution in [2.75, 3.05) is 18.0 Å². The molecule has 1 aromatic rings. The van der Waals surface area contributed by atoms with Crippen LogP contribution in [0.4, 0.5) is 5.82 Å². The fourth-order valence-electron chi connectivity index (χ4n) is 2.73. The first kappa shape index (κ1) is 17.2. The Morgan fingerprint density at radius 2 is 2.09 bits per heavy atom. The molecule has 0 radical (unpaired) electrons. The summed E-state index contributed by atoms with van der Waals surface area (Å²) in [7, 11) is 0. The number of carboxylic acids is 1. The Bertz CT molecular complexity index is 537. The summed E-state index contributed by atoms with van der Waals surface area (Å²) in [5.41, 5.74) is 0.390. The van der Waals surface area contributed by atoms with Gasteiger partial charge in [0.15, 0.2) is 0 Å². The van der Waals surface area contributed by atoms with Gasteiger partial charge in [0, 0.05) is 19.3 Å². The molecule has 0 aromatic carbocycles. The summed E-state index contributed by atoms with van der Waals surface area (Å²) in [6, 6.07) is 2.69. The van der Waals surface area contributed by atoms with Gasteiger partial charge < -0.3 is 15.3 Å². The molecule has 2 rings (SSSR count). The van der Waals surface area contributed by atoms with Gasteiger partial charge in [-0.15, -0.1) is 0 Å². The van der Waals surface area contributed by atoms with Gasteiger partial charge in [0.25, 0.3) is 5.91 Å². The number of aliphatic carboxylic acids is 1. The summed E-state index contributed by atoms with van der Waals surface area (Å²) < 4.78 is 0. The standard InChI is InChI=1S/C17H25N3O3/c1-3-4-14(17(22)23)19-16(21)13-5-6-15(18-11-13)20-9-7-12(2)8-10-20/h5-6,11-12,14H,3-4,7-10H2,1-2H3,(H,19,21)(H,22,23). The smallest absolute Gasteiger partial charge is 0.326 e. The number of piperidine rings is 1. The van der Waals surface area contributed by atoms with Crippen LogP contribution in [0.25, 0.3) is 0 Å². The highest BCUT2D eigenvalue weighted by molar-refractivity contribution is 5.96. The van der Waals surface area contributed by atoms with E-state index in [1.165, 1.54) is 6.20 Å². The fraction of sp³-hybridized carbons (Fsp3) is 0.588. The Balaban J connectivity index is 1.98. The van der Waals surface area contributed by atoms with Gasteiger partial charge in [-0.25, -0.2) is 9.78 Å². The monoisotopic (exact) mass is 319 g/mol. The topological polar surface area (TPSA) is 82.5 Å².